The van der Waals surface area contributed by atoms with E-state index < -0.39 is 0 Å². The number of pyridine rings is 1. The predicted molar refractivity (Wildman–Crippen MR) is 84.7 cm³/mol. The van der Waals surface area contributed by atoms with E-state index in [-0.39, 0.29) is 5.82 Å². The van der Waals surface area contributed by atoms with Gasteiger partial charge < -0.3 is 11.1 Å². The van der Waals surface area contributed by atoms with Gasteiger partial charge in [0.2, 0.25) is 0 Å². The second-order valence-corrected chi connectivity index (χ2v) is 6.25. The summed E-state index contributed by atoms with van der Waals surface area (Å²) in [7, 11) is 0. The molecule has 0 aliphatic heterocycles. The van der Waals surface area contributed by atoms with E-state index in [1.54, 1.807) is 6.20 Å². The molecule has 0 spiro atoms. The lowest BCUT2D eigenvalue weighted by Crippen LogP contribution is -2.26. The van der Waals surface area contributed by atoms with Gasteiger partial charge in [-0.2, -0.15) is 11.8 Å². The van der Waals surface area contributed by atoms with Crippen molar-refractivity contribution in [2.24, 2.45) is 0 Å². The van der Waals surface area contributed by atoms with Crippen LogP contribution in [0.25, 0.3) is 10.9 Å². The van der Waals surface area contributed by atoms with Crippen molar-refractivity contribution in [3.8, 4) is 0 Å². The number of benzene rings is 1. The van der Waals surface area contributed by atoms with Crippen LogP contribution < -0.4 is 11.1 Å². The average Bonchev–Trinajstić information content (AvgIpc) is 2.90. The van der Waals surface area contributed by atoms with Gasteiger partial charge in [0.05, 0.1) is 11.2 Å². The van der Waals surface area contributed by atoms with Gasteiger partial charge in [-0.25, -0.2) is 4.39 Å². The number of nitrogen functional groups attached to an aromatic ring is 1. The van der Waals surface area contributed by atoms with Crippen LogP contribution >= 0.6 is 11.8 Å². The summed E-state index contributed by atoms with van der Waals surface area (Å²) in [5.41, 5.74) is 7.42. The molecular formula is C15H18FN3S. The SMILES string of the molecule is CSC1CCCC1Nc1c(F)cc(N)c2cccnc12. The molecule has 5 heteroatoms. The molecule has 106 valence electrons. The van der Waals surface area contributed by atoms with E-state index in [1.165, 1.54) is 18.9 Å². The lowest BCUT2D eigenvalue weighted by Gasteiger charge is -2.22. The van der Waals surface area contributed by atoms with Crippen molar-refractivity contribution >= 4 is 34.0 Å². The fraction of sp³-hybridized carbons (Fsp3) is 0.400. The Bertz CT molecular complexity index is 632. The molecule has 2 atom stereocenters. The van der Waals surface area contributed by atoms with Crippen molar-refractivity contribution in [3.05, 3.63) is 30.2 Å². The predicted octanol–water partition coefficient (Wildman–Crippen LogP) is 3.65. The van der Waals surface area contributed by atoms with Crippen LogP contribution in [0.2, 0.25) is 0 Å². The van der Waals surface area contributed by atoms with Crippen LogP contribution in [0.4, 0.5) is 15.8 Å². The Labute approximate surface area is 122 Å². The molecule has 1 aliphatic carbocycles. The van der Waals surface area contributed by atoms with Gasteiger partial charge >= 0.3 is 0 Å². The monoisotopic (exact) mass is 291 g/mol. The number of nitrogens with zero attached hydrogens (tertiary/aromatic N) is 1. The Balaban J connectivity index is 2.03. The van der Waals surface area contributed by atoms with Gasteiger partial charge in [0.15, 0.2) is 5.82 Å². The lowest BCUT2D eigenvalue weighted by atomic mass is 10.1. The second kappa shape index (κ2) is 5.48. The molecule has 20 heavy (non-hydrogen) atoms. The summed E-state index contributed by atoms with van der Waals surface area (Å²) in [5, 5.41) is 4.70. The molecule has 1 aliphatic rings. The minimum atomic E-state index is -0.319. The Morgan fingerprint density at radius 2 is 2.30 bits per heavy atom. The minimum absolute atomic E-state index is 0.299. The van der Waals surface area contributed by atoms with E-state index in [2.05, 4.69) is 16.6 Å². The maximum Gasteiger partial charge on any atom is 0.150 e. The number of halogens is 1. The summed E-state index contributed by atoms with van der Waals surface area (Å²) in [5.74, 6) is -0.319. The third kappa shape index (κ3) is 2.30. The van der Waals surface area contributed by atoms with Crippen molar-refractivity contribution in [2.75, 3.05) is 17.3 Å². The van der Waals surface area contributed by atoms with E-state index >= 15 is 0 Å². The van der Waals surface area contributed by atoms with Gasteiger partial charge in [-0.3, -0.25) is 4.98 Å². The van der Waals surface area contributed by atoms with Gasteiger partial charge in [-0.1, -0.05) is 6.42 Å². The van der Waals surface area contributed by atoms with Crippen molar-refractivity contribution < 1.29 is 4.39 Å². The third-order valence-corrected chi connectivity index (χ3v) is 5.13. The van der Waals surface area contributed by atoms with Gasteiger partial charge in [0, 0.05) is 28.6 Å². The molecule has 1 aromatic carbocycles. The first-order valence-corrected chi connectivity index (χ1v) is 8.11. The zero-order valence-electron chi connectivity index (χ0n) is 11.4. The number of anilines is 2. The van der Waals surface area contributed by atoms with E-state index in [1.807, 2.05) is 23.9 Å². The van der Waals surface area contributed by atoms with Crippen molar-refractivity contribution in [1.82, 2.24) is 4.98 Å². The number of thioether (sulfide) groups is 1. The maximum atomic E-state index is 14.3. The summed E-state index contributed by atoms with van der Waals surface area (Å²) in [6, 6.07) is 5.38. The number of rotatable bonds is 3. The van der Waals surface area contributed by atoms with Crippen LogP contribution in [0.15, 0.2) is 24.4 Å². The summed E-state index contributed by atoms with van der Waals surface area (Å²) in [6.07, 6.45) is 7.23. The van der Waals surface area contributed by atoms with E-state index in [4.69, 9.17) is 5.73 Å². The van der Waals surface area contributed by atoms with E-state index in [9.17, 15) is 4.39 Å². The largest absolute Gasteiger partial charge is 0.398 e. The summed E-state index contributed by atoms with van der Waals surface area (Å²) in [6.45, 7) is 0. The Kier molecular flexibility index (Phi) is 3.70. The molecule has 2 aromatic rings. The third-order valence-electron chi connectivity index (χ3n) is 3.96. The van der Waals surface area contributed by atoms with Crippen LogP contribution in [0.5, 0.6) is 0 Å². The van der Waals surface area contributed by atoms with Gasteiger partial charge in [0.25, 0.3) is 0 Å². The quantitative estimate of drug-likeness (QED) is 0.848. The number of nitrogens with two attached hydrogens (primary N) is 1. The molecule has 2 unspecified atom stereocenters. The fourth-order valence-electron chi connectivity index (χ4n) is 2.93. The number of hydrogen-bond donors (Lipinski definition) is 2. The molecule has 0 amide bonds. The highest BCUT2D eigenvalue weighted by Crippen LogP contribution is 2.35. The molecule has 0 bridgehead atoms. The number of aromatic nitrogens is 1. The first-order valence-electron chi connectivity index (χ1n) is 6.82. The van der Waals surface area contributed by atoms with Crippen molar-refractivity contribution in [1.29, 1.82) is 0 Å². The number of nitrogens with one attached hydrogen (secondary N) is 1. The van der Waals surface area contributed by atoms with Gasteiger partial charge in [0.1, 0.15) is 0 Å². The standard InChI is InChI=1S/C15H18FN3S/c1-20-13-6-2-5-12(13)19-15-10(16)8-11(17)9-4-3-7-18-14(9)15/h3-4,7-8,12-13,19H,2,5-6,17H2,1H3. The molecule has 3 N–H and O–H groups in total. The van der Waals surface area contributed by atoms with Gasteiger partial charge in [-0.15, -0.1) is 0 Å². The van der Waals surface area contributed by atoms with Crippen LogP contribution in [0.1, 0.15) is 19.3 Å². The number of hydrogen-bond acceptors (Lipinski definition) is 4. The first-order chi connectivity index (χ1) is 9.70. The van der Waals surface area contributed by atoms with Crippen LogP contribution in [0.3, 0.4) is 0 Å². The molecular weight excluding hydrogens is 273 g/mol. The summed E-state index contributed by atoms with van der Waals surface area (Å²) < 4.78 is 14.3. The Hall–Kier alpha value is -1.49. The Morgan fingerprint density at radius 1 is 1.45 bits per heavy atom. The molecule has 0 radical (unpaired) electrons. The molecule has 3 rings (SSSR count). The highest BCUT2D eigenvalue weighted by atomic mass is 32.2. The van der Waals surface area contributed by atoms with Crippen LogP contribution in [-0.4, -0.2) is 22.5 Å². The normalized spacial score (nSPS) is 22.3. The molecule has 1 heterocycles. The molecule has 1 aromatic heterocycles. The molecule has 3 nitrogen and oxygen atoms in total. The Morgan fingerprint density at radius 3 is 3.10 bits per heavy atom. The van der Waals surface area contributed by atoms with E-state index in [0.29, 0.717) is 28.2 Å². The summed E-state index contributed by atoms with van der Waals surface area (Å²) >= 11 is 1.84. The maximum absolute atomic E-state index is 14.3. The molecule has 1 saturated carbocycles. The average molecular weight is 291 g/mol. The zero-order chi connectivity index (χ0) is 14.1. The van der Waals surface area contributed by atoms with Crippen LogP contribution in [-0.2, 0) is 0 Å². The lowest BCUT2D eigenvalue weighted by molar-refractivity contribution is 0.627. The smallest absolute Gasteiger partial charge is 0.150 e. The summed E-state index contributed by atoms with van der Waals surface area (Å²) in [4.78, 5) is 4.31. The van der Waals surface area contributed by atoms with E-state index in [0.717, 1.165) is 11.8 Å². The minimum Gasteiger partial charge on any atom is -0.398 e. The highest BCUT2D eigenvalue weighted by molar-refractivity contribution is 7.99. The topological polar surface area (TPSA) is 50.9 Å². The van der Waals surface area contributed by atoms with Crippen LogP contribution in [0, 0.1) is 5.82 Å². The fourth-order valence-corrected chi connectivity index (χ4v) is 3.87. The number of fused-ring (bicyclic) bond motifs is 1. The van der Waals surface area contributed by atoms with Gasteiger partial charge in [-0.05, 0) is 37.3 Å². The van der Waals surface area contributed by atoms with Crippen molar-refractivity contribution in [2.45, 2.75) is 30.6 Å². The molecule has 0 saturated heterocycles. The highest BCUT2D eigenvalue weighted by Gasteiger charge is 2.27. The van der Waals surface area contributed by atoms with Crippen molar-refractivity contribution in [3.63, 3.8) is 0 Å². The first kappa shape index (κ1) is 13.5. The second-order valence-electron chi connectivity index (χ2n) is 5.18. The molecule has 1 fully saturated rings. The zero-order valence-corrected chi connectivity index (χ0v) is 12.2.